The molecule has 2 bridgehead atoms. The highest BCUT2D eigenvalue weighted by atomic mass is 15.2. The van der Waals surface area contributed by atoms with Crippen molar-refractivity contribution < 1.29 is 0 Å². The molecule has 0 amide bonds. The number of rotatable bonds is 3. The van der Waals surface area contributed by atoms with Crippen LogP contribution in [0.3, 0.4) is 0 Å². The van der Waals surface area contributed by atoms with Gasteiger partial charge in [0.15, 0.2) is 0 Å². The molecule has 0 spiro atoms. The van der Waals surface area contributed by atoms with Crippen LogP contribution in [0.15, 0.2) is 30.3 Å². The van der Waals surface area contributed by atoms with Gasteiger partial charge in [0.1, 0.15) is 0 Å². The Morgan fingerprint density at radius 3 is 2.33 bits per heavy atom. The van der Waals surface area contributed by atoms with Crippen LogP contribution in [0.5, 0.6) is 0 Å². The maximum absolute atomic E-state index is 3.73. The second kappa shape index (κ2) is 5.02. The Kier molecular flexibility index (Phi) is 3.40. The molecule has 3 unspecified atom stereocenters. The van der Waals surface area contributed by atoms with Gasteiger partial charge in [0.2, 0.25) is 0 Å². The quantitative estimate of drug-likeness (QED) is 0.879. The third-order valence-electron chi connectivity index (χ3n) is 4.92. The first-order valence-electron chi connectivity index (χ1n) is 7.27. The van der Waals surface area contributed by atoms with E-state index in [0.29, 0.717) is 6.04 Å². The molecule has 0 radical (unpaired) electrons. The molecule has 3 atom stereocenters. The predicted molar refractivity (Wildman–Crippen MR) is 75.6 cm³/mol. The number of hydrogen-bond acceptors (Lipinski definition) is 2. The van der Waals surface area contributed by atoms with Crippen molar-refractivity contribution in [3.05, 3.63) is 35.9 Å². The summed E-state index contributed by atoms with van der Waals surface area (Å²) in [4.78, 5) is 2.58. The molecule has 0 saturated carbocycles. The average Bonchev–Trinajstić information content (AvgIpc) is 2.77. The Bertz CT molecular complexity index is 377. The van der Waals surface area contributed by atoms with Crippen molar-refractivity contribution >= 4 is 0 Å². The molecule has 2 fully saturated rings. The Labute approximate surface area is 110 Å². The summed E-state index contributed by atoms with van der Waals surface area (Å²) in [7, 11) is 2.30. The van der Waals surface area contributed by atoms with Crippen LogP contribution in [-0.4, -0.2) is 30.1 Å². The van der Waals surface area contributed by atoms with Gasteiger partial charge in [-0.25, -0.2) is 0 Å². The zero-order valence-electron chi connectivity index (χ0n) is 11.5. The van der Waals surface area contributed by atoms with Gasteiger partial charge < -0.3 is 5.32 Å². The molecule has 0 aliphatic carbocycles. The lowest BCUT2D eigenvalue weighted by atomic mass is 9.96. The van der Waals surface area contributed by atoms with Gasteiger partial charge in [0.25, 0.3) is 0 Å². The molecule has 18 heavy (non-hydrogen) atoms. The molecule has 2 nitrogen and oxygen atoms in total. The highest BCUT2D eigenvalue weighted by Gasteiger charge is 2.36. The molecular formula is C16H24N2. The summed E-state index contributed by atoms with van der Waals surface area (Å²) in [5.74, 6) is 0. The largest absolute Gasteiger partial charge is 0.311 e. The fourth-order valence-electron chi connectivity index (χ4n) is 3.64. The van der Waals surface area contributed by atoms with E-state index >= 15 is 0 Å². The Morgan fingerprint density at radius 1 is 1.11 bits per heavy atom. The first kappa shape index (κ1) is 12.2. The van der Waals surface area contributed by atoms with Gasteiger partial charge in [-0.05, 0) is 45.2 Å². The van der Waals surface area contributed by atoms with Crippen LogP contribution < -0.4 is 5.32 Å². The fraction of sp³-hybridized carbons (Fsp3) is 0.625. The molecule has 98 valence electrons. The van der Waals surface area contributed by atoms with Crippen molar-refractivity contribution in [1.29, 1.82) is 0 Å². The molecule has 1 N–H and O–H groups in total. The van der Waals surface area contributed by atoms with Crippen molar-refractivity contribution in [1.82, 2.24) is 10.2 Å². The van der Waals surface area contributed by atoms with Crippen molar-refractivity contribution in [3.63, 3.8) is 0 Å². The molecule has 2 aliphatic heterocycles. The number of hydrogen-bond donors (Lipinski definition) is 1. The SMILES string of the molecule is CC(c1ccccc1)N(C)C1CC2CCC(C1)N2. The second-order valence-corrected chi connectivity index (χ2v) is 6.02. The monoisotopic (exact) mass is 244 g/mol. The number of nitrogens with one attached hydrogen (secondary N) is 1. The highest BCUT2D eigenvalue weighted by molar-refractivity contribution is 5.18. The van der Waals surface area contributed by atoms with Crippen molar-refractivity contribution in [2.24, 2.45) is 0 Å². The van der Waals surface area contributed by atoms with E-state index in [4.69, 9.17) is 0 Å². The zero-order chi connectivity index (χ0) is 12.5. The van der Waals surface area contributed by atoms with Crippen LogP contribution in [-0.2, 0) is 0 Å². The van der Waals surface area contributed by atoms with Crippen LogP contribution in [0.4, 0.5) is 0 Å². The standard InChI is InChI=1S/C16H24N2/c1-12(13-6-4-3-5-7-13)18(2)16-10-14-8-9-15(11-16)17-14/h3-7,12,14-17H,8-11H2,1-2H3. The summed E-state index contributed by atoms with van der Waals surface area (Å²) >= 11 is 0. The van der Waals surface area contributed by atoms with Crippen molar-refractivity contribution in [2.75, 3.05) is 7.05 Å². The Hall–Kier alpha value is -0.860. The molecule has 1 aromatic carbocycles. The third-order valence-corrected chi connectivity index (χ3v) is 4.92. The van der Waals surface area contributed by atoms with Gasteiger partial charge in [0.05, 0.1) is 0 Å². The predicted octanol–water partition coefficient (Wildman–Crippen LogP) is 2.96. The van der Waals surface area contributed by atoms with E-state index in [9.17, 15) is 0 Å². The van der Waals surface area contributed by atoms with Crippen molar-refractivity contribution in [3.8, 4) is 0 Å². The van der Waals surface area contributed by atoms with E-state index in [2.05, 4.69) is 54.5 Å². The smallest absolute Gasteiger partial charge is 0.0319 e. The van der Waals surface area contributed by atoms with E-state index in [1.54, 1.807) is 0 Å². The summed E-state index contributed by atoms with van der Waals surface area (Å²) < 4.78 is 0. The molecule has 2 saturated heterocycles. The van der Waals surface area contributed by atoms with Gasteiger partial charge in [-0.3, -0.25) is 4.90 Å². The Balaban J connectivity index is 1.69. The topological polar surface area (TPSA) is 15.3 Å². The fourth-order valence-corrected chi connectivity index (χ4v) is 3.64. The second-order valence-electron chi connectivity index (χ2n) is 6.02. The minimum absolute atomic E-state index is 0.522. The lowest BCUT2D eigenvalue weighted by Gasteiger charge is -2.39. The van der Waals surface area contributed by atoms with Crippen LogP contribution in [0.25, 0.3) is 0 Å². The maximum Gasteiger partial charge on any atom is 0.0319 e. The number of fused-ring (bicyclic) bond motifs is 2. The first-order chi connectivity index (χ1) is 8.74. The van der Waals surface area contributed by atoms with E-state index < -0.39 is 0 Å². The summed E-state index contributed by atoms with van der Waals surface area (Å²) in [6.07, 6.45) is 5.41. The minimum atomic E-state index is 0.522. The van der Waals surface area contributed by atoms with Gasteiger partial charge in [-0.1, -0.05) is 30.3 Å². The highest BCUT2D eigenvalue weighted by Crippen LogP contribution is 2.32. The van der Waals surface area contributed by atoms with Gasteiger partial charge in [0, 0.05) is 24.2 Å². The third kappa shape index (κ3) is 2.32. The molecule has 1 aromatic rings. The number of piperidine rings is 1. The lowest BCUT2D eigenvalue weighted by molar-refractivity contribution is 0.132. The molecule has 0 aromatic heterocycles. The van der Waals surface area contributed by atoms with Crippen LogP contribution in [0, 0.1) is 0 Å². The molecule has 2 heterocycles. The normalized spacial score (nSPS) is 32.7. The van der Waals surface area contributed by atoms with Crippen LogP contribution in [0.2, 0.25) is 0 Å². The molecular weight excluding hydrogens is 220 g/mol. The average molecular weight is 244 g/mol. The van der Waals surface area contributed by atoms with Crippen LogP contribution in [0.1, 0.15) is 44.2 Å². The Morgan fingerprint density at radius 2 is 1.72 bits per heavy atom. The molecule has 2 aliphatic rings. The van der Waals surface area contributed by atoms with Gasteiger partial charge in [-0.2, -0.15) is 0 Å². The van der Waals surface area contributed by atoms with E-state index in [-0.39, 0.29) is 0 Å². The maximum atomic E-state index is 3.73. The summed E-state index contributed by atoms with van der Waals surface area (Å²) in [5.41, 5.74) is 1.44. The van der Waals surface area contributed by atoms with Crippen molar-refractivity contribution in [2.45, 2.75) is 56.8 Å². The zero-order valence-corrected chi connectivity index (χ0v) is 11.5. The van der Waals surface area contributed by atoms with Gasteiger partial charge >= 0.3 is 0 Å². The molecule has 3 rings (SSSR count). The van der Waals surface area contributed by atoms with Gasteiger partial charge in [-0.15, -0.1) is 0 Å². The molecule has 2 heteroatoms. The summed E-state index contributed by atoms with van der Waals surface area (Å²) in [5, 5.41) is 3.73. The number of benzene rings is 1. The minimum Gasteiger partial charge on any atom is -0.311 e. The van der Waals surface area contributed by atoms with Crippen LogP contribution >= 0.6 is 0 Å². The first-order valence-corrected chi connectivity index (χ1v) is 7.27. The number of nitrogens with zero attached hydrogens (tertiary/aromatic N) is 1. The van der Waals surface area contributed by atoms with E-state index in [0.717, 1.165) is 18.1 Å². The van der Waals surface area contributed by atoms with E-state index in [1.165, 1.54) is 31.2 Å². The summed E-state index contributed by atoms with van der Waals surface area (Å²) in [6, 6.07) is 13.7. The van der Waals surface area contributed by atoms with E-state index in [1.807, 2.05) is 0 Å². The summed E-state index contributed by atoms with van der Waals surface area (Å²) in [6.45, 7) is 2.33. The lowest BCUT2D eigenvalue weighted by Crippen LogP contribution is -2.47.